The number of hydrogen-bond donors (Lipinski definition) is 1. The third kappa shape index (κ3) is 10.4. The molecule has 0 aromatic carbocycles. The van der Waals surface area contributed by atoms with Gasteiger partial charge in [-0.15, -0.1) is 9.05 Å². The summed E-state index contributed by atoms with van der Waals surface area (Å²) >= 11 is 0. The number of halogens is 2. The fourth-order valence-electron chi connectivity index (χ4n) is 2.98. The molecular formula is C16H31F2O6P2+. The first kappa shape index (κ1) is 24.1. The number of hydrogen-bond acceptors (Lipinski definition) is 5. The highest BCUT2D eigenvalue weighted by Crippen LogP contribution is 2.38. The lowest BCUT2D eigenvalue weighted by Crippen LogP contribution is -2.29. The Morgan fingerprint density at radius 2 is 1.35 bits per heavy atom. The van der Waals surface area contributed by atoms with E-state index in [4.69, 9.17) is 13.9 Å². The van der Waals surface area contributed by atoms with Gasteiger partial charge in [0.1, 0.15) is 24.6 Å². The molecule has 0 saturated heterocycles. The van der Waals surface area contributed by atoms with E-state index in [9.17, 15) is 17.9 Å². The van der Waals surface area contributed by atoms with Crippen LogP contribution in [-0.2, 0) is 22.7 Å². The minimum atomic E-state index is -3.22. The van der Waals surface area contributed by atoms with Crippen molar-refractivity contribution in [1.82, 2.24) is 0 Å². The van der Waals surface area contributed by atoms with Crippen LogP contribution >= 0.6 is 15.9 Å². The second-order valence-electron chi connectivity index (χ2n) is 7.07. The molecule has 0 radical (unpaired) electrons. The van der Waals surface area contributed by atoms with Crippen molar-refractivity contribution in [3.05, 3.63) is 0 Å². The van der Waals surface area contributed by atoms with E-state index >= 15 is 0 Å². The van der Waals surface area contributed by atoms with Gasteiger partial charge in [-0.1, -0.05) is 25.7 Å². The average Bonchev–Trinajstić information content (AvgIpc) is 2.50. The van der Waals surface area contributed by atoms with E-state index in [2.05, 4.69) is 4.52 Å². The molecule has 2 aliphatic carbocycles. The zero-order valence-electron chi connectivity index (χ0n) is 15.7. The minimum Gasteiger partial charge on any atom is -0.324 e. The fraction of sp³-hybridized carbons (Fsp3) is 1.00. The molecule has 0 spiro atoms. The van der Waals surface area contributed by atoms with E-state index in [1.165, 1.54) is 6.66 Å². The smallest absolute Gasteiger partial charge is 0.324 e. The second-order valence-corrected chi connectivity index (χ2v) is 9.76. The van der Waals surface area contributed by atoms with Crippen molar-refractivity contribution in [3.63, 3.8) is 0 Å². The molecule has 0 amide bonds. The van der Waals surface area contributed by atoms with E-state index in [0.29, 0.717) is 25.7 Å². The third-order valence-electron chi connectivity index (χ3n) is 4.09. The second kappa shape index (κ2) is 11.8. The molecule has 26 heavy (non-hydrogen) atoms. The van der Waals surface area contributed by atoms with E-state index in [1.54, 1.807) is 13.8 Å². The van der Waals surface area contributed by atoms with Gasteiger partial charge >= 0.3 is 15.9 Å². The van der Waals surface area contributed by atoms with Gasteiger partial charge in [-0.2, -0.15) is 0 Å². The van der Waals surface area contributed by atoms with Crippen LogP contribution < -0.4 is 0 Å². The zero-order chi connectivity index (χ0) is 19.7. The number of rotatable bonds is 6. The fourth-order valence-corrected chi connectivity index (χ4v) is 4.73. The molecule has 0 aliphatic heterocycles. The molecule has 154 valence electrons. The van der Waals surface area contributed by atoms with Crippen LogP contribution in [0, 0.1) is 0 Å². The quantitative estimate of drug-likeness (QED) is 0.576. The molecule has 2 fully saturated rings. The molecule has 1 N–H and O–H groups in total. The first-order valence-corrected chi connectivity index (χ1v) is 12.3. The van der Waals surface area contributed by atoms with Crippen LogP contribution in [0.2, 0.25) is 0 Å². The van der Waals surface area contributed by atoms with Crippen LogP contribution in [0.3, 0.4) is 0 Å². The maximum Gasteiger partial charge on any atom is 0.698 e. The Balaban J connectivity index is 0.000000359. The Bertz CT molecular complexity index is 448. The molecule has 0 heterocycles. The van der Waals surface area contributed by atoms with E-state index in [1.807, 2.05) is 0 Å². The van der Waals surface area contributed by atoms with Crippen molar-refractivity contribution in [2.75, 3.05) is 6.66 Å². The van der Waals surface area contributed by atoms with Gasteiger partial charge in [0.2, 0.25) is 0 Å². The van der Waals surface area contributed by atoms with Crippen LogP contribution in [0.5, 0.6) is 0 Å². The van der Waals surface area contributed by atoms with Crippen molar-refractivity contribution in [3.8, 4) is 0 Å². The summed E-state index contributed by atoms with van der Waals surface area (Å²) in [6.45, 7) is 4.60. The summed E-state index contributed by atoms with van der Waals surface area (Å²) in [6.07, 6.45) is 1.84. The Kier molecular flexibility index (Phi) is 10.9. The summed E-state index contributed by atoms with van der Waals surface area (Å²) in [5.41, 5.74) is 0. The Morgan fingerprint density at radius 3 is 1.62 bits per heavy atom. The Hall–Kier alpha value is 0.0300. The average molecular weight is 419 g/mol. The van der Waals surface area contributed by atoms with Gasteiger partial charge in [0.05, 0.1) is 6.10 Å². The van der Waals surface area contributed by atoms with E-state index in [-0.39, 0.29) is 6.10 Å². The summed E-state index contributed by atoms with van der Waals surface area (Å²) in [5.74, 6) is 0. The largest absolute Gasteiger partial charge is 0.698 e. The maximum absolute atomic E-state index is 13.5. The molecule has 10 heteroatoms. The number of alkyl halides is 2. The monoisotopic (exact) mass is 419 g/mol. The first-order valence-electron chi connectivity index (χ1n) is 9.16. The molecule has 6 nitrogen and oxygen atoms in total. The molecule has 2 aliphatic rings. The highest BCUT2D eigenvalue weighted by molar-refractivity contribution is 7.51. The normalized spacial score (nSPS) is 32.3. The van der Waals surface area contributed by atoms with Crippen LogP contribution in [0.1, 0.15) is 65.2 Å². The standard InChI is InChI=1S/C12H20F2O3P.C4H11O3P/c13-9-5-1-3-7-11(9)16-18(15)17-12-8-4-2-6-10(12)14;1-4(2)7-8(3,5)6/h9-12H,1-8H2;4H,1-3H3,(H,5,6)/q+1;. The van der Waals surface area contributed by atoms with Crippen molar-refractivity contribution < 1.29 is 36.4 Å². The van der Waals surface area contributed by atoms with Crippen molar-refractivity contribution in [1.29, 1.82) is 0 Å². The third-order valence-corrected chi connectivity index (χ3v) is 5.79. The molecule has 0 aromatic rings. The minimum absolute atomic E-state index is 0.171. The van der Waals surface area contributed by atoms with Gasteiger partial charge in [0.15, 0.2) is 0 Å². The molecule has 5 atom stereocenters. The van der Waals surface area contributed by atoms with Gasteiger partial charge in [-0.25, -0.2) is 8.78 Å². The Labute approximate surface area is 155 Å². The summed E-state index contributed by atoms with van der Waals surface area (Å²) < 4.78 is 63.7. The lowest BCUT2D eigenvalue weighted by molar-refractivity contribution is 0.0212. The molecule has 5 unspecified atom stereocenters. The highest BCUT2D eigenvalue weighted by atomic mass is 31.2. The van der Waals surface area contributed by atoms with Crippen molar-refractivity contribution >= 4 is 15.9 Å². The van der Waals surface area contributed by atoms with Crippen molar-refractivity contribution in [2.45, 2.75) is 95.9 Å². The van der Waals surface area contributed by atoms with Crippen LogP contribution in [0.4, 0.5) is 8.78 Å². The SMILES string of the molecule is CC(C)OP(C)(=O)O.O=[P+](OC1CCCCC1F)OC1CCCCC1F. The molecule has 2 rings (SSSR count). The molecule has 0 bridgehead atoms. The lowest BCUT2D eigenvalue weighted by atomic mass is 9.96. The zero-order valence-corrected chi connectivity index (χ0v) is 17.5. The summed E-state index contributed by atoms with van der Waals surface area (Å²) in [7, 11) is -5.63. The summed E-state index contributed by atoms with van der Waals surface area (Å²) in [4.78, 5) is 8.52. The van der Waals surface area contributed by atoms with Crippen molar-refractivity contribution in [2.24, 2.45) is 0 Å². The topological polar surface area (TPSA) is 82.1 Å². The first-order chi connectivity index (χ1) is 12.1. The van der Waals surface area contributed by atoms with E-state index in [0.717, 1.165) is 25.7 Å². The van der Waals surface area contributed by atoms with E-state index < -0.39 is 40.4 Å². The maximum atomic E-state index is 13.5. The molecule has 2 saturated carbocycles. The molecule has 0 aromatic heterocycles. The Morgan fingerprint density at radius 1 is 0.962 bits per heavy atom. The van der Waals surface area contributed by atoms with Crippen LogP contribution in [0.15, 0.2) is 0 Å². The van der Waals surface area contributed by atoms with Gasteiger partial charge < -0.3 is 9.42 Å². The van der Waals surface area contributed by atoms with Gasteiger partial charge in [-0.05, 0) is 39.5 Å². The van der Waals surface area contributed by atoms with Gasteiger partial charge in [0, 0.05) is 11.2 Å². The highest BCUT2D eigenvalue weighted by Gasteiger charge is 2.40. The lowest BCUT2D eigenvalue weighted by Gasteiger charge is -2.22. The van der Waals surface area contributed by atoms with Gasteiger partial charge in [0.25, 0.3) is 0 Å². The predicted octanol–water partition coefficient (Wildman–Crippen LogP) is 5.47. The van der Waals surface area contributed by atoms with Crippen LogP contribution in [0.25, 0.3) is 0 Å². The molecular weight excluding hydrogens is 388 g/mol. The summed E-state index contributed by atoms with van der Waals surface area (Å²) in [5, 5.41) is 0. The predicted molar refractivity (Wildman–Crippen MR) is 96.1 cm³/mol. The van der Waals surface area contributed by atoms with Crippen LogP contribution in [-0.4, -0.2) is 42.2 Å². The summed E-state index contributed by atoms with van der Waals surface area (Å²) in [6, 6.07) is 0. The van der Waals surface area contributed by atoms with Gasteiger partial charge in [-0.3, -0.25) is 4.57 Å².